The van der Waals surface area contributed by atoms with E-state index in [9.17, 15) is 4.79 Å². The van der Waals surface area contributed by atoms with Crippen LogP contribution in [0.15, 0.2) is 41.0 Å². The average Bonchev–Trinajstić information content (AvgIpc) is 3.05. The van der Waals surface area contributed by atoms with Gasteiger partial charge < -0.3 is 19.2 Å². The van der Waals surface area contributed by atoms with Gasteiger partial charge in [0.2, 0.25) is 6.79 Å². The van der Waals surface area contributed by atoms with Crippen LogP contribution in [-0.2, 0) is 6.54 Å². The molecule has 5 nitrogen and oxygen atoms in total. The third-order valence-electron chi connectivity index (χ3n) is 2.64. The second kappa shape index (κ2) is 4.44. The maximum absolute atomic E-state index is 12.0. The van der Waals surface area contributed by atoms with E-state index < -0.39 is 0 Å². The number of amides is 1. The third kappa shape index (κ3) is 1.90. The van der Waals surface area contributed by atoms with E-state index in [0.29, 0.717) is 29.4 Å². The van der Waals surface area contributed by atoms with Gasteiger partial charge in [-0.2, -0.15) is 0 Å². The van der Waals surface area contributed by atoms with Crippen molar-refractivity contribution in [2.45, 2.75) is 6.54 Å². The molecule has 1 aliphatic rings. The van der Waals surface area contributed by atoms with E-state index in [4.69, 9.17) is 13.9 Å². The zero-order valence-corrected chi connectivity index (χ0v) is 9.51. The number of benzene rings is 1. The summed E-state index contributed by atoms with van der Waals surface area (Å²) in [6, 6.07) is 8.81. The smallest absolute Gasteiger partial charge is 0.255 e. The largest absolute Gasteiger partial charge is 0.467 e. The first kappa shape index (κ1) is 10.7. The lowest BCUT2D eigenvalue weighted by Crippen LogP contribution is -2.22. The predicted molar refractivity (Wildman–Crippen MR) is 62.4 cm³/mol. The number of rotatable bonds is 3. The number of para-hydroxylation sites is 1. The highest BCUT2D eigenvalue weighted by Gasteiger charge is 2.21. The second-order valence-electron chi connectivity index (χ2n) is 3.80. The molecule has 1 aromatic carbocycles. The lowest BCUT2D eigenvalue weighted by molar-refractivity contribution is 0.0943. The topological polar surface area (TPSA) is 60.7 Å². The summed E-state index contributed by atoms with van der Waals surface area (Å²) in [5, 5.41) is 2.76. The van der Waals surface area contributed by atoms with Crippen molar-refractivity contribution in [2.24, 2.45) is 0 Å². The third-order valence-corrected chi connectivity index (χ3v) is 2.64. The summed E-state index contributed by atoms with van der Waals surface area (Å²) < 4.78 is 15.6. The summed E-state index contributed by atoms with van der Waals surface area (Å²) in [6.07, 6.45) is 1.57. The number of carbonyl (C=O) groups is 1. The maximum Gasteiger partial charge on any atom is 0.255 e. The molecule has 0 saturated heterocycles. The fraction of sp³-hybridized carbons (Fsp3) is 0.154. The molecule has 0 fully saturated rings. The molecule has 0 atom stereocenters. The Morgan fingerprint density at radius 3 is 3.00 bits per heavy atom. The highest BCUT2D eigenvalue weighted by atomic mass is 16.7. The van der Waals surface area contributed by atoms with Crippen LogP contribution in [0, 0.1) is 0 Å². The Bertz CT molecular complexity index is 562. The molecule has 1 N–H and O–H groups in total. The molecule has 3 rings (SSSR count). The number of ether oxygens (including phenoxy) is 2. The first-order valence-corrected chi connectivity index (χ1v) is 5.54. The SMILES string of the molecule is O=C(NCc1ccco1)c1cccc2c1OCO2. The Morgan fingerprint density at radius 1 is 1.22 bits per heavy atom. The molecule has 92 valence electrons. The number of hydrogen-bond acceptors (Lipinski definition) is 4. The van der Waals surface area contributed by atoms with Gasteiger partial charge in [0.1, 0.15) is 5.76 Å². The summed E-state index contributed by atoms with van der Waals surface area (Å²) in [5.74, 6) is 1.58. The van der Waals surface area contributed by atoms with Gasteiger partial charge in [-0.05, 0) is 24.3 Å². The van der Waals surface area contributed by atoms with Crippen LogP contribution >= 0.6 is 0 Å². The van der Waals surface area contributed by atoms with Crippen molar-refractivity contribution in [1.82, 2.24) is 5.32 Å². The van der Waals surface area contributed by atoms with Gasteiger partial charge in [-0.25, -0.2) is 0 Å². The van der Waals surface area contributed by atoms with Gasteiger partial charge in [0.25, 0.3) is 5.91 Å². The van der Waals surface area contributed by atoms with Crippen LogP contribution in [0.25, 0.3) is 0 Å². The summed E-state index contributed by atoms with van der Waals surface area (Å²) in [5.41, 5.74) is 0.469. The van der Waals surface area contributed by atoms with E-state index >= 15 is 0 Å². The van der Waals surface area contributed by atoms with Crippen molar-refractivity contribution in [3.8, 4) is 11.5 Å². The van der Waals surface area contributed by atoms with Crippen LogP contribution in [0.4, 0.5) is 0 Å². The Morgan fingerprint density at radius 2 is 2.17 bits per heavy atom. The molecule has 0 bridgehead atoms. The molecule has 0 aliphatic carbocycles. The lowest BCUT2D eigenvalue weighted by atomic mass is 10.1. The van der Waals surface area contributed by atoms with Crippen molar-refractivity contribution in [3.05, 3.63) is 47.9 Å². The van der Waals surface area contributed by atoms with Crippen LogP contribution < -0.4 is 14.8 Å². The van der Waals surface area contributed by atoms with Gasteiger partial charge in [0.05, 0.1) is 18.4 Å². The van der Waals surface area contributed by atoms with Gasteiger partial charge in [-0.15, -0.1) is 0 Å². The fourth-order valence-corrected chi connectivity index (χ4v) is 1.78. The molecule has 0 unspecified atom stereocenters. The number of carbonyl (C=O) groups excluding carboxylic acids is 1. The van der Waals surface area contributed by atoms with Crippen molar-refractivity contribution < 1.29 is 18.7 Å². The monoisotopic (exact) mass is 245 g/mol. The number of nitrogens with one attached hydrogen (secondary N) is 1. The Labute approximate surface area is 103 Å². The molecule has 1 aliphatic heterocycles. The second-order valence-corrected chi connectivity index (χ2v) is 3.80. The Kier molecular flexibility index (Phi) is 2.64. The fourth-order valence-electron chi connectivity index (χ4n) is 1.78. The Hall–Kier alpha value is -2.43. The number of fused-ring (bicyclic) bond motifs is 1. The molecular weight excluding hydrogens is 234 g/mol. The minimum atomic E-state index is -0.214. The van der Waals surface area contributed by atoms with Gasteiger partial charge in [0.15, 0.2) is 11.5 Å². The lowest BCUT2D eigenvalue weighted by Gasteiger charge is -2.06. The van der Waals surface area contributed by atoms with E-state index in [0.717, 1.165) is 0 Å². The summed E-state index contributed by atoms with van der Waals surface area (Å²) in [6.45, 7) is 0.494. The van der Waals surface area contributed by atoms with Gasteiger partial charge in [-0.3, -0.25) is 4.79 Å². The van der Waals surface area contributed by atoms with Crippen LogP contribution in [-0.4, -0.2) is 12.7 Å². The molecule has 2 aromatic rings. The molecule has 1 aromatic heterocycles. The zero-order chi connectivity index (χ0) is 12.4. The van der Waals surface area contributed by atoms with E-state index in [1.165, 1.54) is 0 Å². The Balaban J connectivity index is 1.75. The van der Waals surface area contributed by atoms with Crippen molar-refractivity contribution in [3.63, 3.8) is 0 Å². The first-order valence-electron chi connectivity index (χ1n) is 5.54. The molecular formula is C13H11NO4. The number of furan rings is 1. The highest BCUT2D eigenvalue weighted by molar-refractivity contribution is 5.97. The van der Waals surface area contributed by atoms with Crippen molar-refractivity contribution in [2.75, 3.05) is 6.79 Å². The average molecular weight is 245 g/mol. The van der Waals surface area contributed by atoms with Crippen molar-refractivity contribution in [1.29, 1.82) is 0 Å². The molecule has 18 heavy (non-hydrogen) atoms. The van der Waals surface area contributed by atoms with Crippen LogP contribution in [0.3, 0.4) is 0 Å². The minimum Gasteiger partial charge on any atom is -0.467 e. The quantitative estimate of drug-likeness (QED) is 0.897. The van der Waals surface area contributed by atoms with E-state index in [-0.39, 0.29) is 12.7 Å². The van der Waals surface area contributed by atoms with E-state index in [2.05, 4.69) is 5.32 Å². The minimum absolute atomic E-state index is 0.151. The van der Waals surface area contributed by atoms with Gasteiger partial charge in [0, 0.05) is 0 Å². The first-order chi connectivity index (χ1) is 8.84. The maximum atomic E-state index is 12.0. The standard InChI is InChI=1S/C13H11NO4/c15-13(14-7-9-3-2-6-16-9)10-4-1-5-11-12(10)18-8-17-11/h1-6H,7-8H2,(H,14,15). The number of hydrogen-bond donors (Lipinski definition) is 1. The predicted octanol–water partition coefficient (Wildman–Crippen LogP) is 1.94. The molecule has 0 spiro atoms. The molecule has 1 amide bonds. The summed E-state index contributed by atoms with van der Waals surface area (Å²) >= 11 is 0. The molecule has 0 saturated carbocycles. The van der Waals surface area contributed by atoms with Gasteiger partial charge in [-0.1, -0.05) is 6.07 Å². The van der Waals surface area contributed by atoms with Crippen LogP contribution in [0.5, 0.6) is 11.5 Å². The summed E-state index contributed by atoms with van der Waals surface area (Å²) in [7, 11) is 0. The van der Waals surface area contributed by atoms with Crippen molar-refractivity contribution >= 4 is 5.91 Å². The van der Waals surface area contributed by atoms with E-state index in [1.54, 1.807) is 36.6 Å². The molecule has 5 heteroatoms. The van der Waals surface area contributed by atoms with E-state index in [1.807, 2.05) is 0 Å². The summed E-state index contributed by atoms with van der Waals surface area (Å²) in [4.78, 5) is 12.0. The highest BCUT2D eigenvalue weighted by Crippen LogP contribution is 2.35. The van der Waals surface area contributed by atoms with Crippen LogP contribution in [0.1, 0.15) is 16.1 Å². The van der Waals surface area contributed by atoms with Gasteiger partial charge >= 0.3 is 0 Å². The zero-order valence-electron chi connectivity index (χ0n) is 9.51. The normalized spacial score (nSPS) is 12.4. The molecule has 2 heterocycles. The van der Waals surface area contributed by atoms with Crippen LogP contribution in [0.2, 0.25) is 0 Å². The molecule has 0 radical (unpaired) electrons.